The van der Waals surface area contributed by atoms with E-state index in [4.69, 9.17) is 24.2 Å². The SMILES string of the molecule is COc1c(-c2cn(COCC[Si](C)(C)C)c3nc(NC(=O)[C@H]4C[C@H]4F)ccc23)ccc2c1ncn2COCC[Si](C)(C)C. The normalized spacial score (nSPS) is 17.1. The molecule has 0 radical (unpaired) electrons. The summed E-state index contributed by atoms with van der Waals surface area (Å²) in [4.78, 5) is 21.9. The van der Waals surface area contributed by atoms with Crippen LogP contribution in [-0.4, -0.2) is 67.7 Å². The van der Waals surface area contributed by atoms with E-state index in [1.807, 2.05) is 33.5 Å². The summed E-state index contributed by atoms with van der Waals surface area (Å²) < 4.78 is 35.5. The third kappa shape index (κ3) is 7.54. The number of carbonyl (C=O) groups is 1. The maximum atomic E-state index is 13.5. The number of pyridine rings is 1. The molecule has 5 rings (SSSR count). The molecule has 1 amide bonds. The number of halogens is 1. The summed E-state index contributed by atoms with van der Waals surface area (Å²) in [6, 6.07) is 9.93. The van der Waals surface area contributed by atoms with Gasteiger partial charge in [0.05, 0.1) is 24.9 Å². The van der Waals surface area contributed by atoms with E-state index >= 15 is 0 Å². The zero-order chi connectivity index (χ0) is 30.9. The topological polar surface area (TPSA) is 92.4 Å². The average molecular weight is 626 g/mol. The molecular weight excluding hydrogens is 582 g/mol. The number of benzene rings is 1. The van der Waals surface area contributed by atoms with Crippen LogP contribution in [0.4, 0.5) is 10.2 Å². The van der Waals surface area contributed by atoms with Crippen LogP contribution in [0.3, 0.4) is 0 Å². The van der Waals surface area contributed by atoms with Gasteiger partial charge in [-0.25, -0.2) is 14.4 Å². The molecule has 43 heavy (non-hydrogen) atoms. The Bertz CT molecular complexity index is 1610. The van der Waals surface area contributed by atoms with E-state index in [2.05, 4.69) is 44.6 Å². The van der Waals surface area contributed by atoms with Gasteiger partial charge in [-0.2, -0.15) is 0 Å². The van der Waals surface area contributed by atoms with Crippen LogP contribution in [0.25, 0.3) is 33.2 Å². The summed E-state index contributed by atoms with van der Waals surface area (Å²) >= 11 is 0. The molecule has 0 saturated heterocycles. The quantitative estimate of drug-likeness (QED) is 0.120. The molecule has 1 aliphatic rings. The molecule has 1 saturated carbocycles. The van der Waals surface area contributed by atoms with Crippen molar-refractivity contribution < 1.29 is 23.4 Å². The Hall–Kier alpha value is -3.07. The van der Waals surface area contributed by atoms with Crippen molar-refractivity contribution in [2.75, 3.05) is 25.6 Å². The molecule has 12 heteroatoms. The molecule has 0 spiro atoms. The molecule has 1 fully saturated rings. The van der Waals surface area contributed by atoms with Gasteiger partial charge in [0.2, 0.25) is 5.91 Å². The van der Waals surface area contributed by atoms with Crippen LogP contribution >= 0.6 is 0 Å². The zero-order valence-corrected chi connectivity index (χ0v) is 28.4. The van der Waals surface area contributed by atoms with E-state index in [-0.39, 0.29) is 12.3 Å². The van der Waals surface area contributed by atoms with Gasteiger partial charge in [-0.1, -0.05) is 39.3 Å². The lowest BCUT2D eigenvalue weighted by atomic mass is 10.0. The van der Waals surface area contributed by atoms with Crippen molar-refractivity contribution in [1.82, 2.24) is 19.1 Å². The maximum absolute atomic E-state index is 13.5. The van der Waals surface area contributed by atoms with Crippen LogP contribution in [0.15, 0.2) is 36.8 Å². The van der Waals surface area contributed by atoms with Gasteiger partial charge >= 0.3 is 0 Å². The summed E-state index contributed by atoms with van der Waals surface area (Å²) in [5.74, 6) is 0.125. The number of amides is 1. The van der Waals surface area contributed by atoms with Crippen LogP contribution in [0.5, 0.6) is 5.75 Å². The van der Waals surface area contributed by atoms with Crippen molar-refractivity contribution in [3.05, 3.63) is 36.8 Å². The number of aromatic nitrogens is 4. The van der Waals surface area contributed by atoms with Crippen molar-refractivity contribution >= 4 is 49.9 Å². The third-order valence-corrected chi connectivity index (χ3v) is 11.1. The minimum atomic E-state index is -1.25. The van der Waals surface area contributed by atoms with Gasteiger partial charge in [-0.15, -0.1) is 0 Å². The number of imidazole rings is 1. The van der Waals surface area contributed by atoms with Gasteiger partial charge in [-0.3, -0.25) is 4.79 Å². The molecule has 3 aromatic heterocycles. The van der Waals surface area contributed by atoms with Crippen LogP contribution in [0, 0.1) is 5.92 Å². The number of hydrogen-bond donors (Lipinski definition) is 1. The number of nitrogens with zero attached hydrogens (tertiary/aromatic N) is 4. The van der Waals surface area contributed by atoms with Gasteiger partial charge in [0, 0.05) is 52.1 Å². The fraction of sp³-hybridized carbons (Fsp3) is 0.516. The predicted molar refractivity (Wildman–Crippen MR) is 175 cm³/mol. The molecule has 1 aliphatic carbocycles. The highest BCUT2D eigenvalue weighted by molar-refractivity contribution is 6.76. The minimum Gasteiger partial charge on any atom is -0.494 e. The zero-order valence-electron chi connectivity index (χ0n) is 26.4. The second-order valence-electron chi connectivity index (χ2n) is 13.9. The van der Waals surface area contributed by atoms with E-state index in [0.717, 1.165) is 46.2 Å². The van der Waals surface area contributed by atoms with Gasteiger partial charge in [0.1, 0.15) is 36.6 Å². The first-order valence-electron chi connectivity index (χ1n) is 15.0. The molecule has 4 aromatic rings. The minimum absolute atomic E-state index is 0.266. The maximum Gasteiger partial charge on any atom is 0.231 e. The first-order chi connectivity index (χ1) is 20.3. The van der Waals surface area contributed by atoms with Crippen molar-refractivity contribution in [3.63, 3.8) is 0 Å². The molecule has 0 bridgehead atoms. The summed E-state index contributed by atoms with van der Waals surface area (Å²) in [7, 11) is -0.766. The van der Waals surface area contributed by atoms with Gasteiger partial charge in [0.25, 0.3) is 0 Å². The number of methoxy groups -OCH3 is 1. The highest BCUT2D eigenvalue weighted by atomic mass is 28.3. The van der Waals surface area contributed by atoms with Crippen LogP contribution in [0.1, 0.15) is 6.42 Å². The average Bonchev–Trinajstić information content (AvgIpc) is 3.37. The number of nitrogens with one attached hydrogen (secondary N) is 1. The van der Waals surface area contributed by atoms with Crippen molar-refractivity contribution in [2.45, 2.75) is 77.4 Å². The summed E-state index contributed by atoms with van der Waals surface area (Å²) in [5.41, 5.74) is 4.14. The molecule has 232 valence electrons. The standard InChI is InChI=1S/C31H44FN5O4Si2/c1-39-29-21(8-10-26-28(29)33-18-37(26)20-41-13-15-43(5,6)7)24-17-36(19-40-12-14-42(2,3)4)30-22(24)9-11-27(34-30)35-31(38)23-16-25(23)32/h8-11,17-18,23,25H,12-16,19-20H2,1-7H3,(H,34,35,38)/t23-,25+/m0/s1. The molecule has 3 heterocycles. The molecule has 1 N–H and O–H groups in total. The lowest BCUT2D eigenvalue weighted by Gasteiger charge is -2.16. The largest absolute Gasteiger partial charge is 0.494 e. The summed E-state index contributed by atoms with van der Waals surface area (Å²) in [5, 5.41) is 3.67. The number of ether oxygens (including phenoxy) is 3. The first kappa shape index (κ1) is 31.4. The molecular formula is C31H44FN5O4Si2. The van der Waals surface area contributed by atoms with Crippen molar-refractivity contribution in [1.29, 1.82) is 0 Å². The predicted octanol–water partition coefficient (Wildman–Crippen LogP) is 6.98. The Morgan fingerprint density at radius 2 is 1.63 bits per heavy atom. The summed E-state index contributed by atoms with van der Waals surface area (Å²) in [6.07, 6.45) is 3.00. The van der Waals surface area contributed by atoms with Gasteiger partial charge in [0.15, 0.2) is 5.75 Å². The number of anilines is 1. The first-order valence-corrected chi connectivity index (χ1v) is 22.4. The van der Waals surface area contributed by atoms with E-state index in [0.29, 0.717) is 37.3 Å². The van der Waals surface area contributed by atoms with Crippen LogP contribution in [-0.2, 0) is 27.7 Å². The van der Waals surface area contributed by atoms with Gasteiger partial charge < -0.3 is 28.7 Å². The molecule has 1 aromatic carbocycles. The summed E-state index contributed by atoms with van der Waals surface area (Å²) in [6.45, 7) is 16.1. The van der Waals surface area contributed by atoms with Crippen molar-refractivity contribution in [2.24, 2.45) is 5.92 Å². The molecule has 2 atom stereocenters. The lowest BCUT2D eigenvalue weighted by molar-refractivity contribution is -0.117. The Balaban J connectivity index is 1.46. The number of fused-ring (bicyclic) bond motifs is 2. The highest BCUT2D eigenvalue weighted by Crippen LogP contribution is 2.40. The fourth-order valence-corrected chi connectivity index (χ4v) is 6.43. The van der Waals surface area contributed by atoms with E-state index in [9.17, 15) is 9.18 Å². The Kier molecular flexibility index (Phi) is 9.12. The fourth-order valence-electron chi connectivity index (χ4n) is 4.91. The second kappa shape index (κ2) is 12.5. The Morgan fingerprint density at radius 3 is 2.23 bits per heavy atom. The molecule has 0 aliphatic heterocycles. The highest BCUT2D eigenvalue weighted by Gasteiger charge is 2.43. The smallest absolute Gasteiger partial charge is 0.231 e. The second-order valence-corrected chi connectivity index (χ2v) is 25.1. The van der Waals surface area contributed by atoms with E-state index in [1.165, 1.54) is 0 Å². The number of alkyl halides is 1. The number of rotatable bonds is 14. The Morgan fingerprint density at radius 1 is 0.977 bits per heavy atom. The van der Waals surface area contributed by atoms with Crippen LogP contribution in [0.2, 0.25) is 51.4 Å². The monoisotopic (exact) mass is 625 g/mol. The van der Waals surface area contributed by atoms with E-state index in [1.54, 1.807) is 19.5 Å². The Labute approximate surface area is 254 Å². The third-order valence-electron chi connectivity index (χ3n) is 7.72. The number of carbonyl (C=O) groups excluding carboxylic acids is 1. The lowest BCUT2D eigenvalue weighted by Crippen LogP contribution is -2.22. The van der Waals surface area contributed by atoms with E-state index < -0.39 is 28.2 Å². The van der Waals surface area contributed by atoms with Crippen molar-refractivity contribution in [3.8, 4) is 16.9 Å². The molecule has 9 nitrogen and oxygen atoms in total. The van der Waals surface area contributed by atoms with Crippen LogP contribution < -0.4 is 10.1 Å². The van der Waals surface area contributed by atoms with Gasteiger partial charge in [-0.05, 0) is 42.8 Å². The molecule has 0 unspecified atom stereocenters. The number of hydrogen-bond acceptors (Lipinski definition) is 6.